The Balaban J connectivity index is 2.90. The van der Waals surface area contributed by atoms with Gasteiger partial charge in [-0.2, -0.15) is 0 Å². The van der Waals surface area contributed by atoms with Gasteiger partial charge in [0.05, 0.1) is 11.6 Å². The highest BCUT2D eigenvalue weighted by molar-refractivity contribution is 6.35. The number of hydrogen-bond acceptors (Lipinski definition) is 3. The first-order chi connectivity index (χ1) is 8.06. The average Bonchev–Trinajstić information content (AvgIpc) is 2.27. The lowest BCUT2D eigenvalue weighted by Crippen LogP contribution is -2.19. The van der Waals surface area contributed by atoms with E-state index in [1.807, 2.05) is 6.92 Å². The molecule has 0 saturated heterocycles. The van der Waals surface area contributed by atoms with Gasteiger partial charge >= 0.3 is 0 Å². The summed E-state index contributed by atoms with van der Waals surface area (Å²) in [5, 5.41) is 3.16. The first-order valence-electron chi connectivity index (χ1n) is 5.29. The third kappa shape index (κ3) is 3.88. The molecule has 0 unspecified atom stereocenters. The van der Waals surface area contributed by atoms with Crippen LogP contribution in [0.25, 0.3) is 0 Å². The molecular weight excluding hydrogens is 238 g/mol. The van der Waals surface area contributed by atoms with Crippen LogP contribution in [0.5, 0.6) is 5.75 Å². The van der Waals surface area contributed by atoms with Crippen LogP contribution in [0.15, 0.2) is 30.4 Å². The molecule has 0 aliphatic carbocycles. The van der Waals surface area contributed by atoms with Crippen LogP contribution in [0.1, 0.15) is 17.3 Å². The van der Waals surface area contributed by atoms with Gasteiger partial charge in [0.1, 0.15) is 12.4 Å². The molecule has 0 heterocycles. The Labute approximate surface area is 106 Å². The van der Waals surface area contributed by atoms with E-state index >= 15 is 0 Å². The lowest BCUT2D eigenvalue weighted by Gasteiger charge is -2.10. The molecule has 0 aromatic heterocycles. The number of ketones is 1. The summed E-state index contributed by atoms with van der Waals surface area (Å²) in [6.07, 6.45) is 0. The van der Waals surface area contributed by atoms with E-state index in [2.05, 4.69) is 11.9 Å². The Hall–Kier alpha value is -1.32. The molecule has 0 aliphatic rings. The van der Waals surface area contributed by atoms with Crippen LogP contribution in [0, 0.1) is 0 Å². The smallest absolute Gasteiger partial charge is 0.178 e. The first-order valence-corrected chi connectivity index (χ1v) is 5.67. The SMILES string of the molecule is C=C(C)COc1cccc(C(=O)CNC)c1Cl. The Kier molecular flexibility index (Phi) is 5.19. The van der Waals surface area contributed by atoms with Crippen molar-refractivity contribution in [2.24, 2.45) is 0 Å². The minimum atomic E-state index is -0.0572. The maximum absolute atomic E-state index is 11.7. The molecule has 0 aliphatic heterocycles. The highest BCUT2D eigenvalue weighted by atomic mass is 35.5. The standard InChI is InChI=1S/C13H16ClNO2/c1-9(2)8-17-12-6-4-5-10(13(12)14)11(16)7-15-3/h4-6,15H,1,7-8H2,2-3H3. The zero-order valence-corrected chi connectivity index (χ0v) is 10.8. The van der Waals surface area contributed by atoms with Crippen LogP contribution in [0.4, 0.5) is 0 Å². The van der Waals surface area contributed by atoms with Gasteiger partial charge in [0.15, 0.2) is 5.78 Å². The third-order valence-corrected chi connectivity index (χ3v) is 2.46. The molecule has 4 heteroatoms. The number of benzene rings is 1. The number of ether oxygens (including phenoxy) is 1. The topological polar surface area (TPSA) is 38.3 Å². The molecule has 1 N–H and O–H groups in total. The van der Waals surface area contributed by atoms with Gasteiger partial charge in [-0.25, -0.2) is 0 Å². The zero-order chi connectivity index (χ0) is 12.8. The molecule has 1 aromatic rings. The fourth-order valence-corrected chi connectivity index (χ4v) is 1.58. The maximum atomic E-state index is 11.7. The number of nitrogens with one attached hydrogen (secondary N) is 1. The summed E-state index contributed by atoms with van der Waals surface area (Å²) in [6, 6.07) is 5.18. The van der Waals surface area contributed by atoms with Crippen molar-refractivity contribution in [3.63, 3.8) is 0 Å². The van der Waals surface area contributed by atoms with E-state index in [0.717, 1.165) is 5.57 Å². The molecule has 0 radical (unpaired) electrons. The quantitative estimate of drug-likeness (QED) is 0.626. The predicted octanol–water partition coefficient (Wildman–Crippen LogP) is 2.70. The first kappa shape index (κ1) is 13.7. The van der Waals surface area contributed by atoms with Crippen LogP contribution >= 0.6 is 11.6 Å². The molecule has 92 valence electrons. The molecule has 0 spiro atoms. The van der Waals surface area contributed by atoms with E-state index in [1.165, 1.54) is 0 Å². The molecule has 1 aromatic carbocycles. The summed E-state index contributed by atoms with van der Waals surface area (Å²) in [5.74, 6) is 0.454. The van der Waals surface area contributed by atoms with Crippen molar-refractivity contribution < 1.29 is 9.53 Å². The van der Waals surface area contributed by atoms with Crippen LogP contribution in [-0.4, -0.2) is 26.0 Å². The van der Waals surface area contributed by atoms with E-state index < -0.39 is 0 Å². The van der Waals surface area contributed by atoms with Crippen LogP contribution < -0.4 is 10.1 Å². The molecule has 0 amide bonds. The molecule has 0 fully saturated rings. The molecule has 0 atom stereocenters. The Bertz CT molecular complexity index is 429. The summed E-state index contributed by atoms with van der Waals surface area (Å²) < 4.78 is 5.46. The van der Waals surface area contributed by atoms with Crippen molar-refractivity contribution in [2.45, 2.75) is 6.92 Å². The summed E-state index contributed by atoms with van der Waals surface area (Å²) >= 11 is 6.12. The van der Waals surface area contributed by atoms with Gasteiger partial charge in [-0.05, 0) is 31.7 Å². The normalized spacial score (nSPS) is 10.1. The van der Waals surface area contributed by atoms with Gasteiger partial charge in [-0.3, -0.25) is 4.79 Å². The Morgan fingerprint density at radius 2 is 2.24 bits per heavy atom. The van der Waals surface area contributed by atoms with Crippen LogP contribution in [0.3, 0.4) is 0 Å². The minimum absolute atomic E-state index is 0.0572. The largest absolute Gasteiger partial charge is 0.488 e. The highest BCUT2D eigenvalue weighted by Gasteiger charge is 2.13. The number of rotatable bonds is 6. The van der Waals surface area contributed by atoms with Crippen molar-refractivity contribution in [3.8, 4) is 5.75 Å². The highest BCUT2D eigenvalue weighted by Crippen LogP contribution is 2.28. The van der Waals surface area contributed by atoms with Crippen molar-refractivity contribution in [1.29, 1.82) is 0 Å². The number of likely N-dealkylation sites (N-methyl/N-ethyl adjacent to an activating group) is 1. The van der Waals surface area contributed by atoms with Crippen molar-refractivity contribution >= 4 is 17.4 Å². The second-order valence-electron chi connectivity index (χ2n) is 3.82. The maximum Gasteiger partial charge on any atom is 0.178 e. The van der Waals surface area contributed by atoms with E-state index in [9.17, 15) is 4.79 Å². The Morgan fingerprint density at radius 1 is 1.53 bits per heavy atom. The fraction of sp³-hybridized carbons (Fsp3) is 0.308. The van der Waals surface area contributed by atoms with Crippen molar-refractivity contribution in [2.75, 3.05) is 20.2 Å². The van der Waals surface area contributed by atoms with Crippen molar-refractivity contribution in [1.82, 2.24) is 5.32 Å². The summed E-state index contributed by atoms with van der Waals surface area (Å²) in [4.78, 5) is 11.7. The monoisotopic (exact) mass is 253 g/mol. The summed E-state index contributed by atoms with van der Waals surface area (Å²) in [6.45, 7) is 6.25. The minimum Gasteiger partial charge on any atom is -0.488 e. The van der Waals surface area contributed by atoms with Crippen LogP contribution in [-0.2, 0) is 0 Å². The molecule has 0 saturated carbocycles. The van der Waals surface area contributed by atoms with E-state index in [0.29, 0.717) is 22.9 Å². The van der Waals surface area contributed by atoms with Gasteiger partial charge < -0.3 is 10.1 Å². The number of hydrogen-bond donors (Lipinski definition) is 1. The second-order valence-corrected chi connectivity index (χ2v) is 4.19. The van der Waals surface area contributed by atoms with Gasteiger partial charge in [0, 0.05) is 5.56 Å². The molecule has 3 nitrogen and oxygen atoms in total. The molecular formula is C13H16ClNO2. The third-order valence-electron chi connectivity index (χ3n) is 2.08. The fourth-order valence-electron chi connectivity index (χ4n) is 1.29. The molecule has 17 heavy (non-hydrogen) atoms. The number of carbonyl (C=O) groups is 1. The van der Waals surface area contributed by atoms with Gasteiger partial charge in [0.2, 0.25) is 0 Å². The lowest BCUT2D eigenvalue weighted by atomic mass is 10.1. The average molecular weight is 254 g/mol. The lowest BCUT2D eigenvalue weighted by molar-refractivity contribution is 0.0993. The molecule has 1 rings (SSSR count). The second kappa shape index (κ2) is 6.42. The Morgan fingerprint density at radius 3 is 2.82 bits per heavy atom. The van der Waals surface area contributed by atoms with Gasteiger partial charge in [-0.15, -0.1) is 0 Å². The summed E-state index contributed by atoms with van der Waals surface area (Å²) in [7, 11) is 1.72. The number of carbonyl (C=O) groups excluding carboxylic acids is 1. The van der Waals surface area contributed by atoms with Gasteiger partial charge in [0.25, 0.3) is 0 Å². The van der Waals surface area contributed by atoms with E-state index in [4.69, 9.17) is 16.3 Å². The van der Waals surface area contributed by atoms with Crippen LogP contribution in [0.2, 0.25) is 5.02 Å². The zero-order valence-electron chi connectivity index (χ0n) is 10.0. The molecule has 0 bridgehead atoms. The van der Waals surface area contributed by atoms with Crippen molar-refractivity contribution in [3.05, 3.63) is 40.9 Å². The van der Waals surface area contributed by atoms with Gasteiger partial charge in [-0.1, -0.05) is 24.2 Å². The number of Topliss-reactive ketones (excluding diaryl/α,β-unsaturated/α-hetero) is 1. The van der Waals surface area contributed by atoms with E-state index in [1.54, 1.807) is 25.2 Å². The number of halogens is 1. The summed E-state index contributed by atoms with van der Waals surface area (Å²) in [5.41, 5.74) is 1.37. The van der Waals surface area contributed by atoms with E-state index in [-0.39, 0.29) is 12.3 Å². The predicted molar refractivity (Wildman–Crippen MR) is 70.0 cm³/mol.